The Balaban J connectivity index is 2.07. The summed E-state index contributed by atoms with van der Waals surface area (Å²) in [6.07, 6.45) is 5.36. The maximum atomic E-state index is 4.35. The minimum atomic E-state index is 0.707. The maximum Gasteiger partial charge on any atom is 0.134 e. The number of rotatable bonds is 6. The van der Waals surface area contributed by atoms with Gasteiger partial charge in [-0.3, -0.25) is 0 Å². The second kappa shape index (κ2) is 5.14. The Morgan fingerprint density at radius 1 is 1.38 bits per heavy atom. The molecule has 1 aromatic rings. The van der Waals surface area contributed by atoms with Crippen LogP contribution in [0.4, 0.5) is 11.6 Å². The molecule has 0 bridgehead atoms. The molecule has 88 valence electrons. The van der Waals surface area contributed by atoms with Crippen molar-refractivity contribution in [1.29, 1.82) is 0 Å². The van der Waals surface area contributed by atoms with Gasteiger partial charge in [-0.15, -0.1) is 0 Å². The van der Waals surface area contributed by atoms with Crippen molar-refractivity contribution in [2.45, 2.75) is 39.2 Å². The summed E-state index contributed by atoms with van der Waals surface area (Å²) in [5.41, 5.74) is 0. The van der Waals surface area contributed by atoms with Gasteiger partial charge in [0.1, 0.15) is 18.0 Å². The first-order chi connectivity index (χ1) is 7.85. The smallest absolute Gasteiger partial charge is 0.134 e. The molecule has 1 aliphatic carbocycles. The number of anilines is 2. The zero-order chi connectivity index (χ0) is 11.4. The molecule has 0 aromatic carbocycles. The van der Waals surface area contributed by atoms with Crippen molar-refractivity contribution in [3.05, 3.63) is 12.4 Å². The highest BCUT2D eigenvalue weighted by Crippen LogP contribution is 2.30. The molecule has 1 heterocycles. The van der Waals surface area contributed by atoms with Gasteiger partial charge < -0.3 is 10.2 Å². The third-order valence-electron chi connectivity index (χ3n) is 2.83. The molecule has 0 spiro atoms. The summed E-state index contributed by atoms with van der Waals surface area (Å²) < 4.78 is 0. The molecule has 2 rings (SSSR count). The number of nitrogens with one attached hydrogen (secondary N) is 1. The molecule has 16 heavy (non-hydrogen) atoms. The number of aromatic nitrogens is 2. The van der Waals surface area contributed by atoms with Crippen LogP contribution in [-0.4, -0.2) is 29.1 Å². The molecule has 0 amide bonds. The van der Waals surface area contributed by atoms with Gasteiger partial charge in [0.2, 0.25) is 0 Å². The Kier molecular flexibility index (Phi) is 3.59. The van der Waals surface area contributed by atoms with Crippen molar-refractivity contribution < 1.29 is 0 Å². The first-order valence-electron chi connectivity index (χ1n) is 6.17. The van der Waals surface area contributed by atoms with E-state index in [1.165, 1.54) is 12.8 Å². The molecule has 0 unspecified atom stereocenters. The molecular weight excluding hydrogens is 200 g/mol. The fraction of sp³-hybridized carbons (Fsp3) is 0.667. The van der Waals surface area contributed by atoms with Gasteiger partial charge in [0.25, 0.3) is 0 Å². The van der Waals surface area contributed by atoms with Crippen LogP contribution in [-0.2, 0) is 0 Å². The molecule has 1 N–H and O–H groups in total. The quantitative estimate of drug-likeness (QED) is 0.798. The highest BCUT2D eigenvalue weighted by Gasteiger charge is 2.28. The minimum Gasteiger partial charge on any atom is -0.370 e. The maximum absolute atomic E-state index is 4.35. The van der Waals surface area contributed by atoms with Crippen molar-refractivity contribution in [1.82, 2.24) is 9.97 Å². The Morgan fingerprint density at radius 2 is 2.19 bits per heavy atom. The summed E-state index contributed by atoms with van der Waals surface area (Å²) >= 11 is 0. The molecule has 4 heteroatoms. The molecule has 0 saturated heterocycles. The third-order valence-corrected chi connectivity index (χ3v) is 2.83. The Bertz CT molecular complexity index is 336. The van der Waals surface area contributed by atoms with E-state index in [0.717, 1.165) is 31.1 Å². The summed E-state index contributed by atoms with van der Waals surface area (Å²) in [6, 6.07) is 2.76. The SMILES string of the molecule is CCCNc1cc(N(CC)C2CC2)ncn1. The van der Waals surface area contributed by atoms with Crippen LogP contribution in [0.2, 0.25) is 0 Å². The second-order valence-electron chi connectivity index (χ2n) is 4.21. The van der Waals surface area contributed by atoms with Crippen molar-refractivity contribution in [2.24, 2.45) is 0 Å². The van der Waals surface area contributed by atoms with Gasteiger partial charge in [-0.2, -0.15) is 0 Å². The van der Waals surface area contributed by atoms with E-state index in [1.54, 1.807) is 6.33 Å². The minimum absolute atomic E-state index is 0.707. The largest absolute Gasteiger partial charge is 0.370 e. The predicted molar refractivity (Wildman–Crippen MR) is 66.9 cm³/mol. The second-order valence-corrected chi connectivity index (χ2v) is 4.21. The van der Waals surface area contributed by atoms with Gasteiger partial charge in [-0.05, 0) is 26.2 Å². The van der Waals surface area contributed by atoms with Crippen molar-refractivity contribution >= 4 is 11.6 Å². The summed E-state index contributed by atoms with van der Waals surface area (Å²) in [5.74, 6) is 1.99. The molecule has 0 atom stereocenters. The van der Waals surface area contributed by atoms with E-state index < -0.39 is 0 Å². The highest BCUT2D eigenvalue weighted by molar-refractivity contribution is 5.49. The summed E-state index contributed by atoms with van der Waals surface area (Å²) in [7, 11) is 0. The first kappa shape index (κ1) is 11.2. The Morgan fingerprint density at radius 3 is 2.81 bits per heavy atom. The van der Waals surface area contributed by atoms with E-state index in [9.17, 15) is 0 Å². The molecule has 1 saturated carbocycles. The Hall–Kier alpha value is -1.32. The summed E-state index contributed by atoms with van der Waals surface area (Å²) in [4.78, 5) is 10.9. The van der Waals surface area contributed by atoms with E-state index in [4.69, 9.17) is 0 Å². The normalized spacial score (nSPS) is 14.9. The van der Waals surface area contributed by atoms with Gasteiger partial charge in [-0.1, -0.05) is 6.92 Å². The average molecular weight is 220 g/mol. The van der Waals surface area contributed by atoms with Gasteiger partial charge >= 0.3 is 0 Å². The van der Waals surface area contributed by atoms with Crippen molar-refractivity contribution in [2.75, 3.05) is 23.3 Å². The van der Waals surface area contributed by atoms with Crippen molar-refractivity contribution in [3.8, 4) is 0 Å². The predicted octanol–water partition coefficient (Wildman–Crippen LogP) is 2.29. The van der Waals surface area contributed by atoms with Crippen LogP contribution in [0.25, 0.3) is 0 Å². The van der Waals surface area contributed by atoms with Crippen LogP contribution in [0.5, 0.6) is 0 Å². The summed E-state index contributed by atoms with van der Waals surface area (Å²) in [6.45, 7) is 6.32. The lowest BCUT2D eigenvalue weighted by atomic mass is 10.4. The van der Waals surface area contributed by atoms with E-state index in [0.29, 0.717) is 6.04 Å². The number of hydrogen-bond acceptors (Lipinski definition) is 4. The van der Waals surface area contributed by atoms with E-state index >= 15 is 0 Å². The fourth-order valence-electron chi connectivity index (χ4n) is 1.85. The van der Waals surface area contributed by atoms with Crippen LogP contribution < -0.4 is 10.2 Å². The van der Waals surface area contributed by atoms with E-state index in [2.05, 4.69) is 40.1 Å². The third kappa shape index (κ3) is 2.62. The lowest BCUT2D eigenvalue weighted by molar-refractivity contribution is 0.804. The molecule has 0 radical (unpaired) electrons. The topological polar surface area (TPSA) is 41.0 Å². The van der Waals surface area contributed by atoms with Crippen molar-refractivity contribution in [3.63, 3.8) is 0 Å². The van der Waals surface area contributed by atoms with Gasteiger partial charge in [0.05, 0.1) is 0 Å². The van der Waals surface area contributed by atoms with E-state index in [-0.39, 0.29) is 0 Å². The van der Waals surface area contributed by atoms with Crippen LogP contribution in [0.15, 0.2) is 12.4 Å². The first-order valence-corrected chi connectivity index (χ1v) is 6.17. The van der Waals surface area contributed by atoms with E-state index in [1.807, 2.05) is 0 Å². The van der Waals surface area contributed by atoms with Gasteiger partial charge in [0.15, 0.2) is 0 Å². The highest BCUT2D eigenvalue weighted by atomic mass is 15.2. The molecule has 4 nitrogen and oxygen atoms in total. The molecule has 0 aliphatic heterocycles. The molecule has 1 aromatic heterocycles. The van der Waals surface area contributed by atoms with Crippen LogP contribution in [0.1, 0.15) is 33.1 Å². The lowest BCUT2D eigenvalue weighted by Crippen LogP contribution is -2.26. The fourth-order valence-corrected chi connectivity index (χ4v) is 1.85. The zero-order valence-electron chi connectivity index (χ0n) is 10.1. The van der Waals surface area contributed by atoms with Gasteiger partial charge in [0, 0.05) is 25.2 Å². The zero-order valence-corrected chi connectivity index (χ0v) is 10.1. The lowest BCUT2D eigenvalue weighted by Gasteiger charge is -2.21. The van der Waals surface area contributed by atoms with Crippen LogP contribution in [0.3, 0.4) is 0 Å². The van der Waals surface area contributed by atoms with Crippen LogP contribution in [0, 0.1) is 0 Å². The monoisotopic (exact) mass is 220 g/mol. The molecular formula is C12H20N4. The Labute approximate surface area is 97.1 Å². The standard InChI is InChI=1S/C12H20N4/c1-3-7-13-11-8-12(15-9-14-11)16(4-2)10-5-6-10/h8-10H,3-7H2,1-2H3,(H,13,14,15). The van der Waals surface area contributed by atoms with Crippen LogP contribution >= 0.6 is 0 Å². The molecule has 1 fully saturated rings. The molecule has 1 aliphatic rings. The number of nitrogens with zero attached hydrogens (tertiary/aromatic N) is 3. The van der Waals surface area contributed by atoms with Gasteiger partial charge in [-0.25, -0.2) is 9.97 Å². The average Bonchev–Trinajstić information content (AvgIpc) is 3.12. The number of hydrogen-bond donors (Lipinski definition) is 1. The summed E-state index contributed by atoms with van der Waals surface area (Å²) in [5, 5.41) is 3.30.